The van der Waals surface area contributed by atoms with E-state index in [9.17, 15) is 0 Å². The third-order valence-electron chi connectivity index (χ3n) is 4.61. The number of thioether (sulfide) groups is 1. The molecule has 0 amide bonds. The van der Waals surface area contributed by atoms with Crippen molar-refractivity contribution in [2.75, 3.05) is 6.26 Å². The van der Waals surface area contributed by atoms with Crippen molar-refractivity contribution >= 4 is 40.0 Å². The molecule has 2 aromatic carbocycles. The van der Waals surface area contributed by atoms with Crippen LogP contribution >= 0.6 is 23.4 Å². The highest BCUT2D eigenvalue weighted by Crippen LogP contribution is 2.32. The lowest BCUT2D eigenvalue weighted by atomic mass is 10.3. The van der Waals surface area contributed by atoms with E-state index in [1.165, 1.54) is 0 Å². The standard InChI is InChI=1S/C21H16ClN4S/c1-27-21-19(20-23-16-6-2-3-7-17(16)24-20)25-13-5-4-8-18(25)26(21)15-11-9-14(22)10-12-15/h2-13H,1H3,(H,23,24)/q+1. The maximum atomic E-state index is 6.10. The molecule has 4 nitrogen and oxygen atoms in total. The molecule has 0 spiro atoms. The molecule has 27 heavy (non-hydrogen) atoms. The molecule has 3 aromatic heterocycles. The van der Waals surface area contributed by atoms with Crippen molar-refractivity contribution in [3.8, 4) is 17.2 Å². The van der Waals surface area contributed by atoms with Gasteiger partial charge >= 0.3 is 0 Å². The van der Waals surface area contributed by atoms with Crippen LogP contribution < -0.4 is 4.40 Å². The Morgan fingerprint density at radius 1 is 1.00 bits per heavy atom. The van der Waals surface area contributed by atoms with Crippen LogP contribution in [0.25, 0.3) is 33.9 Å². The van der Waals surface area contributed by atoms with Crippen molar-refractivity contribution < 1.29 is 4.40 Å². The number of aromatic nitrogens is 4. The van der Waals surface area contributed by atoms with Gasteiger partial charge in [-0.2, -0.15) is 8.97 Å². The smallest absolute Gasteiger partial charge is 0.292 e. The first kappa shape index (κ1) is 16.4. The predicted molar refractivity (Wildman–Crippen MR) is 111 cm³/mol. The van der Waals surface area contributed by atoms with E-state index in [1.807, 2.05) is 60.7 Å². The van der Waals surface area contributed by atoms with E-state index < -0.39 is 0 Å². The van der Waals surface area contributed by atoms with Crippen molar-refractivity contribution in [1.82, 2.24) is 14.5 Å². The number of aromatic amines is 1. The summed E-state index contributed by atoms with van der Waals surface area (Å²) in [6.45, 7) is 0. The number of rotatable bonds is 3. The van der Waals surface area contributed by atoms with Gasteiger partial charge in [0.15, 0.2) is 5.82 Å². The summed E-state index contributed by atoms with van der Waals surface area (Å²) >= 11 is 7.80. The van der Waals surface area contributed by atoms with E-state index in [-0.39, 0.29) is 0 Å². The van der Waals surface area contributed by atoms with Crippen LogP contribution in [0.4, 0.5) is 0 Å². The Hall–Kier alpha value is -2.76. The number of pyridine rings is 1. The van der Waals surface area contributed by atoms with Gasteiger partial charge in [0.25, 0.3) is 5.65 Å². The summed E-state index contributed by atoms with van der Waals surface area (Å²) in [5, 5.41) is 1.84. The molecule has 1 N–H and O–H groups in total. The number of H-pyrrole nitrogens is 1. The Kier molecular flexibility index (Phi) is 3.92. The van der Waals surface area contributed by atoms with Gasteiger partial charge in [-0.1, -0.05) is 41.6 Å². The van der Waals surface area contributed by atoms with Crippen molar-refractivity contribution in [3.05, 3.63) is 77.9 Å². The molecule has 0 saturated carbocycles. The molecule has 6 heteroatoms. The molecule has 5 aromatic rings. The number of benzene rings is 2. The van der Waals surface area contributed by atoms with Gasteiger partial charge < -0.3 is 4.98 Å². The lowest BCUT2D eigenvalue weighted by Crippen LogP contribution is -2.22. The Morgan fingerprint density at radius 3 is 2.56 bits per heavy atom. The molecular formula is C21H16ClN4S+. The average molecular weight is 392 g/mol. The normalized spacial score (nSPS) is 11.5. The molecule has 0 radical (unpaired) electrons. The summed E-state index contributed by atoms with van der Waals surface area (Å²) < 4.78 is 4.42. The van der Waals surface area contributed by atoms with Gasteiger partial charge in [0.2, 0.25) is 10.7 Å². The van der Waals surface area contributed by atoms with Gasteiger partial charge in [-0.05, 0) is 48.7 Å². The highest BCUT2D eigenvalue weighted by molar-refractivity contribution is 7.98. The van der Waals surface area contributed by atoms with Crippen molar-refractivity contribution in [1.29, 1.82) is 0 Å². The van der Waals surface area contributed by atoms with Crippen LogP contribution in [-0.4, -0.2) is 20.8 Å². The highest BCUT2D eigenvalue weighted by atomic mass is 35.5. The van der Waals surface area contributed by atoms with Crippen LogP contribution in [0.15, 0.2) is 78.0 Å². The molecule has 132 valence electrons. The van der Waals surface area contributed by atoms with Crippen molar-refractivity contribution in [3.63, 3.8) is 0 Å². The maximum Gasteiger partial charge on any atom is 0.292 e. The van der Waals surface area contributed by atoms with E-state index in [2.05, 4.69) is 32.5 Å². The van der Waals surface area contributed by atoms with Crippen LogP contribution in [0.5, 0.6) is 0 Å². The highest BCUT2D eigenvalue weighted by Gasteiger charge is 2.29. The fraction of sp³-hybridized carbons (Fsp3) is 0.0476. The third kappa shape index (κ3) is 2.62. The molecule has 0 unspecified atom stereocenters. The molecule has 5 rings (SSSR count). The first-order valence-electron chi connectivity index (χ1n) is 8.56. The predicted octanol–water partition coefficient (Wildman–Crippen LogP) is 5.13. The van der Waals surface area contributed by atoms with E-state index in [4.69, 9.17) is 16.6 Å². The zero-order valence-corrected chi connectivity index (χ0v) is 16.1. The van der Waals surface area contributed by atoms with Gasteiger partial charge in [0.1, 0.15) is 5.69 Å². The van der Waals surface area contributed by atoms with E-state index in [0.29, 0.717) is 0 Å². The summed E-state index contributed by atoms with van der Waals surface area (Å²) in [5.41, 5.74) is 5.17. The minimum absolute atomic E-state index is 0.728. The average Bonchev–Trinajstić information content (AvgIpc) is 3.27. The summed E-state index contributed by atoms with van der Waals surface area (Å²) in [4.78, 5) is 8.31. The topological polar surface area (TPSA) is 37.7 Å². The number of hydrogen-bond acceptors (Lipinski definition) is 2. The minimum Gasteiger partial charge on any atom is -0.335 e. The number of nitrogens with one attached hydrogen (secondary N) is 1. The first-order valence-corrected chi connectivity index (χ1v) is 10.2. The number of fused-ring (bicyclic) bond motifs is 2. The van der Waals surface area contributed by atoms with E-state index in [1.54, 1.807) is 11.8 Å². The Bertz CT molecular complexity index is 1240. The summed E-state index contributed by atoms with van der Waals surface area (Å²) in [6, 6.07) is 22.2. The largest absolute Gasteiger partial charge is 0.335 e. The number of hydrogen-bond donors (Lipinski definition) is 1. The SMILES string of the molecule is CSc1c(-c2nc3ccccc3[nH]2)[n+]2ccccc2n1-c1ccc(Cl)cc1. The number of halogens is 1. The summed E-state index contributed by atoms with van der Waals surface area (Å²) in [6.07, 6.45) is 4.16. The fourth-order valence-corrected chi connectivity index (χ4v) is 4.32. The van der Waals surface area contributed by atoms with Gasteiger partial charge in [-0.25, -0.2) is 4.98 Å². The molecule has 0 aliphatic carbocycles. The molecule has 0 aliphatic rings. The third-order valence-corrected chi connectivity index (χ3v) is 5.62. The second-order valence-corrected chi connectivity index (χ2v) is 7.43. The monoisotopic (exact) mass is 391 g/mol. The van der Waals surface area contributed by atoms with Crippen molar-refractivity contribution in [2.45, 2.75) is 5.03 Å². The quantitative estimate of drug-likeness (QED) is 0.342. The first-order chi connectivity index (χ1) is 13.3. The minimum atomic E-state index is 0.728. The molecule has 3 heterocycles. The number of imidazole rings is 2. The van der Waals surface area contributed by atoms with E-state index >= 15 is 0 Å². The molecule has 0 saturated heterocycles. The molecule has 0 aliphatic heterocycles. The zero-order valence-electron chi connectivity index (χ0n) is 14.6. The molecule has 0 fully saturated rings. The Balaban J connectivity index is 1.86. The summed E-state index contributed by atoms with van der Waals surface area (Å²) in [5.74, 6) is 0.856. The van der Waals surface area contributed by atoms with Crippen molar-refractivity contribution in [2.24, 2.45) is 0 Å². The maximum absolute atomic E-state index is 6.10. The van der Waals surface area contributed by atoms with Crippen LogP contribution in [0, 0.1) is 0 Å². The second kappa shape index (κ2) is 6.44. The second-order valence-electron chi connectivity index (χ2n) is 6.20. The van der Waals surface area contributed by atoms with Gasteiger partial charge in [0, 0.05) is 11.1 Å². The zero-order chi connectivity index (χ0) is 18.4. The van der Waals surface area contributed by atoms with Gasteiger partial charge in [0.05, 0.1) is 17.2 Å². The number of nitrogens with zero attached hydrogens (tertiary/aromatic N) is 3. The lowest BCUT2D eigenvalue weighted by Gasteiger charge is -2.01. The van der Waals surface area contributed by atoms with E-state index in [0.717, 1.165) is 43.9 Å². The van der Waals surface area contributed by atoms with Crippen LogP contribution in [0.1, 0.15) is 0 Å². The molecule has 0 bridgehead atoms. The van der Waals surface area contributed by atoms with Crippen LogP contribution in [0.2, 0.25) is 5.02 Å². The van der Waals surface area contributed by atoms with Crippen LogP contribution in [-0.2, 0) is 0 Å². The molecule has 0 atom stereocenters. The van der Waals surface area contributed by atoms with Crippen LogP contribution in [0.3, 0.4) is 0 Å². The van der Waals surface area contributed by atoms with Gasteiger partial charge in [-0.3, -0.25) is 0 Å². The fourth-order valence-electron chi connectivity index (χ4n) is 3.43. The molecular weight excluding hydrogens is 376 g/mol. The Morgan fingerprint density at radius 2 is 1.78 bits per heavy atom. The van der Waals surface area contributed by atoms with Gasteiger partial charge in [-0.15, -0.1) is 0 Å². The summed E-state index contributed by atoms with van der Waals surface area (Å²) in [7, 11) is 0. The Labute approximate surface area is 165 Å². The number of para-hydroxylation sites is 2. The lowest BCUT2D eigenvalue weighted by molar-refractivity contribution is -0.499.